The minimum atomic E-state index is -3.07. The van der Waals surface area contributed by atoms with Gasteiger partial charge in [-0.15, -0.1) is 0 Å². The molecule has 0 saturated heterocycles. The molecule has 0 spiro atoms. The van der Waals surface area contributed by atoms with E-state index in [1.807, 2.05) is 13.0 Å². The SMILES string of the molecule is CCN(CCCNC(C)c1ccoc1)S(C)(=O)=O. The Morgan fingerprint density at radius 2 is 2.22 bits per heavy atom. The first-order valence-corrected chi connectivity index (χ1v) is 8.00. The molecule has 0 amide bonds. The van der Waals surface area contributed by atoms with E-state index < -0.39 is 10.0 Å². The van der Waals surface area contributed by atoms with Gasteiger partial charge in [0.25, 0.3) is 0 Å². The Morgan fingerprint density at radius 1 is 1.50 bits per heavy atom. The molecule has 6 heteroatoms. The van der Waals surface area contributed by atoms with Crippen molar-refractivity contribution < 1.29 is 12.8 Å². The summed E-state index contributed by atoms with van der Waals surface area (Å²) >= 11 is 0. The molecule has 18 heavy (non-hydrogen) atoms. The van der Waals surface area contributed by atoms with Crippen molar-refractivity contribution in [2.45, 2.75) is 26.3 Å². The predicted octanol–water partition coefficient (Wildman–Crippen LogP) is 1.60. The lowest BCUT2D eigenvalue weighted by Gasteiger charge is -2.18. The van der Waals surface area contributed by atoms with Gasteiger partial charge in [-0.2, -0.15) is 0 Å². The summed E-state index contributed by atoms with van der Waals surface area (Å²) in [6, 6.07) is 2.14. The number of nitrogens with one attached hydrogen (secondary N) is 1. The van der Waals surface area contributed by atoms with E-state index in [-0.39, 0.29) is 6.04 Å². The van der Waals surface area contributed by atoms with Crippen molar-refractivity contribution in [3.05, 3.63) is 24.2 Å². The van der Waals surface area contributed by atoms with Gasteiger partial charge in [0.05, 0.1) is 18.8 Å². The van der Waals surface area contributed by atoms with Crippen LogP contribution in [-0.2, 0) is 10.0 Å². The molecule has 0 aliphatic heterocycles. The summed E-state index contributed by atoms with van der Waals surface area (Å²) in [6.45, 7) is 5.76. The molecule has 1 unspecified atom stereocenters. The van der Waals surface area contributed by atoms with E-state index in [1.165, 1.54) is 10.6 Å². The maximum absolute atomic E-state index is 11.4. The standard InChI is InChI=1S/C12H22N2O3S/c1-4-14(18(3,15)16)8-5-7-13-11(2)12-6-9-17-10-12/h6,9-11,13H,4-5,7-8H2,1-3H3. The van der Waals surface area contributed by atoms with Crippen LogP contribution >= 0.6 is 0 Å². The Morgan fingerprint density at radius 3 is 2.72 bits per heavy atom. The van der Waals surface area contributed by atoms with Crippen LogP contribution in [0.5, 0.6) is 0 Å². The summed E-state index contributed by atoms with van der Waals surface area (Å²) in [5.74, 6) is 0. The summed E-state index contributed by atoms with van der Waals surface area (Å²) in [5.41, 5.74) is 1.10. The number of sulfonamides is 1. The van der Waals surface area contributed by atoms with Gasteiger partial charge in [-0.1, -0.05) is 6.92 Å². The van der Waals surface area contributed by atoms with Gasteiger partial charge in [0.1, 0.15) is 0 Å². The zero-order chi connectivity index (χ0) is 13.6. The molecule has 1 N–H and O–H groups in total. The fourth-order valence-electron chi connectivity index (χ4n) is 1.77. The molecular weight excluding hydrogens is 252 g/mol. The van der Waals surface area contributed by atoms with Gasteiger partial charge in [0.2, 0.25) is 10.0 Å². The maximum atomic E-state index is 11.4. The third-order valence-corrected chi connectivity index (χ3v) is 4.28. The summed E-state index contributed by atoms with van der Waals surface area (Å²) in [7, 11) is -3.07. The first-order valence-electron chi connectivity index (χ1n) is 6.15. The van der Waals surface area contributed by atoms with Gasteiger partial charge in [-0.05, 0) is 26.0 Å². The molecule has 1 aromatic rings. The van der Waals surface area contributed by atoms with Crippen LogP contribution in [0.1, 0.15) is 31.9 Å². The number of hydrogen-bond acceptors (Lipinski definition) is 4. The summed E-state index contributed by atoms with van der Waals surface area (Å²) in [4.78, 5) is 0. The number of furan rings is 1. The number of rotatable bonds is 8. The lowest BCUT2D eigenvalue weighted by molar-refractivity contribution is 0.413. The van der Waals surface area contributed by atoms with E-state index in [0.29, 0.717) is 13.1 Å². The van der Waals surface area contributed by atoms with Crippen molar-refractivity contribution in [3.63, 3.8) is 0 Å². The van der Waals surface area contributed by atoms with Crippen molar-refractivity contribution in [2.24, 2.45) is 0 Å². The van der Waals surface area contributed by atoms with Crippen LogP contribution in [0.4, 0.5) is 0 Å². The van der Waals surface area contributed by atoms with E-state index in [9.17, 15) is 8.42 Å². The third kappa shape index (κ3) is 4.80. The van der Waals surface area contributed by atoms with Gasteiger partial charge >= 0.3 is 0 Å². The van der Waals surface area contributed by atoms with E-state index in [2.05, 4.69) is 12.2 Å². The third-order valence-electron chi connectivity index (χ3n) is 2.90. The molecular formula is C12H22N2O3S. The highest BCUT2D eigenvalue weighted by molar-refractivity contribution is 7.88. The largest absolute Gasteiger partial charge is 0.472 e. The van der Waals surface area contributed by atoms with Crippen molar-refractivity contribution in [1.82, 2.24) is 9.62 Å². The van der Waals surface area contributed by atoms with Crippen LogP contribution in [0.15, 0.2) is 23.0 Å². The summed E-state index contributed by atoms with van der Waals surface area (Å²) in [6.07, 6.45) is 5.41. The van der Waals surface area contributed by atoms with Crippen molar-refractivity contribution >= 4 is 10.0 Å². The van der Waals surface area contributed by atoms with Crippen molar-refractivity contribution in [3.8, 4) is 0 Å². The second kappa shape index (κ2) is 6.92. The minimum absolute atomic E-state index is 0.220. The molecule has 0 fully saturated rings. The van der Waals surface area contributed by atoms with E-state index in [4.69, 9.17) is 4.42 Å². The molecule has 0 aliphatic carbocycles. The minimum Gasteiger partial charge on any atom is -0.472 e. The zero-order valence-corrected chi connectivity index (χ0v) is 12.0. The average molecular weight is 274 g/mol. The van der Waals surface area contributed by atoms with Gasteiger partial charge < -0.3 is 9.73 Å². The Hall–Kier alpha value is -0.850. The maximum Gasteiger partial charge on any atom is 0.211 e. The highest BCUT2D eigenvalue weighted by Gasteiger charge is 2.13. The van der Waals surface area contributed by atoms with Crippen molar-refractivity contribution in [1.29, 1.82) is 0 Å². The van der Waals surface area contributed by atoms with E-state index in [0.717, 1.165) is 18.5 Å². The highest BCUT2D eigenvalue weighted by atomic mass is 32.2. The number of nitrogens with zero attached hydrogens (tertiary/aromatic N) is 1. The summed E-state index contributed by atoms with van der Waals surface area (Å²) in [5, 5.41) is 3.33. The lowest BCUT2D eigenvalue weighted by atomic mass is 10.2. The van der Waals surface area contributed by atoms with Crippen LogP contribution in [0, 0.1) is 0 Å². The lowest BCUT2D eigenvalue weighted by Crippen LogP contribution is -2.32. The molecule has 0 saturated carbocycles. The van der Waals surface area contributed by atoms with Crippen molar-refractivity contribution in [2.75, 3.05) is 25.9 Å². The predicted molar refractivity (Wildman–Crippen MR) is 71.8 cm³/mol. The van der Waals surface area contributed by atoms with Crippen LogP contribution in [0.2, 0.25) is 0 Å². The van der Waals surface area contributed by atoms with E-state index in [1.54, 1.807) is 12.5 Å². The van der Waals surface area contributed by atoms with E-state index >= 15 is 0 Å². The molecule has 0 aromatic carbocycles. The zero-order valence-electron chi connectivity index (χ0n) is 11.2. The molecule has 0 bridgehead atoms. The molecule has 104 valence electrons. The van der Waals surface area contributed by atoms with Gasteiger partial charge in [0.15, 0.2) is 0 Å². The average Bonchev–Trinajstić information content (AvgIpc) is 2.80. The fraction of sp³-hybridized carbons (Fsp3) is 0.667. The fourth-order valence-corrected chi connectivity index (χ4v) is 2.70. The molecule has 0 aliphatic rings. The van der Waals surface area contributed by atoms with Crippen LogP contribution in [0.25, 0.3) is 0 Å². The Balaban J connectivity index is 2.26. The van der Waals surface area contributed by atoms with Gasteiger partial charge in [0, 0.05) is 24.7 Å². The van der Waals surface area contributed by atoms with Crippen LogP contribution in [0.3, 0.4) is 0 Å². The molecule has 0 radical (unpaired) electrons. The second-order valence-electron chi connectivity index (χ2n) is 4.34. The molecule has 1 aromatic heterocycles. The summed E-state index contributed by atoms with van der Waals surface area (Å²) < 4.78 is 29.2. The Kier molecular flexibility index (Phi) is 5.84. The molecule has 5 nitrogen and oxygen atoms in total. The topological polar surface area (TPSA) is 62.6 Å². The number of hydrogen-bond donors (Lipinski definition) is 1. The Labute approximate surface area is 109 Å². The first-order chi connectivity index (χ1) is 8.45. The molecule has 1 rings (SSSR count). The molecule has 1 heterocycles. The monoisotopic (exact) mass is 274 g/mol. The quantitative estimate of drug-likeness (QED) is 0.731. The highest BCUT2D eigenvalue weighted by Crippen LogP contribution is 2.11. The normalized spacial score (nSPS) is 14.0. The Bertz CT molecular complexity index is 428. The second-order valence-corrected chi connectivity index (χ2v) is 6.32. The van der Waals surface area contributed by atoms with Gasteiger partial charge in [-0.25, -0.2) is 12.7 Å². The smallest absolute Gasteiger partial charge is 0.211 e. The first kappa shape index (κ1) is 15.2. The van der Waals surface area contributed by atoms with Crippen LogP contribution in [-0.4, -0.2) is 38.6 Å². The van der Waals surface area contributed by atoms with Crippen LogP contribution < -0.4 is 5.32 Å². The molecule has 1 atom stereocenters. The van der Waals surface area contributed by atoms with Gasteiger partial charge in [-0.3, -0.25) is 0 Å².